The molecule has 0 aliphatic carbocycles. The molecule has 1 unspecified atom stereocenters. The Bertz CT molecular complexity index is 543. The Balaban J connectivity index is 2.19. The number of sulfonamides is 1. The van der Waals surface area contributed by atoms with Crippen LogP contribution >= 0.6 is 0 Å². The standard InChI is InChI=1S/C15H24N2O2S/c1-2-15-9-4-3-5-10-17(15)20(18,19)12-13-7-6-8-14(16)11-13/h6-8,11,15H,2-5,9-10,12,16H2,1H3. The fraction of sp³-hybridized carbons (Fsp3) is 0.600. The summed E-state index contributed by atoms with van der Waals surface area (Å²) in [5.41, 5.74) is 7.11. The zero-order valence-electron chi connectivity index (χ0n) is 12.1. The molecule has 1 aromatic carbocycles. The molecule has 2 N–H and O–H groups in total. The van der Waals surface area contributed by atoms with Crippen molar-refractivity contribution >= 4 is 15.7 Å². The van der Waals surface area contributed by atoms with E-state index in [-0.39, 0.29) is 11.8 Å². The second-order valence-corrected chi connectivity index (χ2v) is 7.44. The molecule has 0 saturated carbocycles. The lowest BCUT2D eigenvalue weighted by molar-refractivity contribution is 0.314. The van der Waals surface area contributed by atoms with E-state index in [2.05, 4.69) is 6.92 Å². The molecule has 5 heteroatoms. The van der Waals surface area contributed by atoms with Gasteiger partial charge in [-0.15, -0.1) is 0 Å². The van der Waals surface area contributed by atoms with E-state index >= 15 is 0 Å². The molecular weight excluding hydrogens is 272 g/mol. The van der Waals surface area contributed by atoms with Crippen LogP contribution in [0.4, 0.5) is 5.69 Å². The summed E-state index contributed by atoms with van der Waals surface area (Å²) in [6.45, 7) is 2.72. The molecule has 4 nitrogen and oxygen atoms in total. The van der Waals surface area contributed by atoms with Crippen LogP contribution in [0, 0.1) is 0 Å². The van der Waals surface area contributed by atoms with Gasteiger partial charge in [-0.2, -0.15) is 4.31 Å². The van der Waals surface area contributed by atoms with Crippen molar-refractivity contribution in [2.75, 3.05) is 12.3 Å². The number of rotatable bonds is 4. The van der Waals surface area contributed by atoms with Crippen molar-refractivity contribution in [3.8, 4) is 0 Å². The number of benzene rings is 1. The summed E-state index contributed by atoms with van der Waals surface area (Å²) in [4.78, 5) is 0. The minimum Gasteiger partial charge on any atom is -0.399 e. The quantitative estimate of drug-likeness (QED) is 0.869. The molecule has 2 rings (SSSR count). The van der Waals surface area contributed by atoms with E-state index in [0.717, 1.165) is 37.7 Å². The zero-order chi connectivity index (χ0) is 14.6. The van der Waals surface area contributed by atoms with E-state index in [1.165, 1.54) is 0 Å². The Kier molecular flexibility index (Phi) is 5.05. The van der Waals surface area contributed by atoms with E-state index in [0.29, 0.717) is 12.2 Å². The number of nitrogens with two attached hydrogens (primary N) is 1. The molecule has 0 bridgehead atoms. The van der Waals surface area contributed by atoms with Crippen LogP contribution in [0.15, 0.2) is 24.3 Å². The van der Waals surface area contributed by atoms with Gasteiger partial charge >= 0.3 is 0 Å². The molecule has 0 aromatic heterocycles. The van der Waals surface area contributed by atoms with E-state index in [4.69, 9.17) is 5.73 Å². The van der Waals surface area contributed by atoms with Crippen LogP contribution in [-0.4, -0.2) is 25.3 Å². The van der Waals surface area contributed by atoms with Crippen molar-refractivity contribution in [1.29, 1.82) is 0 Å². The van der Waals surface area contributed by atoms with Crippen molar-refractivity contribution in [2.45, 2.75) is 50.8 Å². The van der Waals surface area contributed by atoms with Gasteiger partial charge in [-0.3, -0.25) is 0 Å². The summed E-state index contributed by atoms with van der Waals surface area (Å²) >= 11 is 0. The number of nitrogen functional groups attached to an aromatic ring is 1. The third-order valence-corrected chi connectivity index (χ3v) is 5.85. The van der Waals surface area contributed by atoms with Gasteiger partial charge in [-0.1, -0.05) is 31.9 Å². The highest BCUT2D eigenvalue weighted by Crippen LogP contribution is 2.24. The van der Waals surface area contributed by atoms with Gasteiger partial charge in [0, 0.05) is 18.3 Å². The van der Waals surface area contributed by atoms with Crippen molar-refractivity contribution in [2.24, 2.45) is 0 Å². The molecule has 1 aromatic rings. The highest BCUT2D eigenvalue weighted by atomic mass is 32.2. The van der Waals surface area contributed by atoms with Gasteiger partial charge in [-0.25, -0.2) is 8.42 Å². The highest BCUT2D eigenvalue weighted by Gasteiger charge is 2.30. The summed E-state index contributed by atoms with van der Waals surface area (Å²) in [6, 6.07) is 7.31. The van der Waals surface area contributed by atoms with Crippen LogP contribution in [0.2, 0.25) is 0 Å². The van der Waals surface area contributed by atoms with Gasteiger partial charge in [-0.05, 0) is 37.0 Å². The fourth-order valence-corrected chi connectivity index (χ4v) is 4.78. The van der Waals surface area contributed by atoms with Crippen molar-refractivity contribution in [3.05, 3.63) is 29.8 Å². The Morgan fingerprint density at radius 2 is 2.10 bits per heavy atom. The lowest BCUT2D eigenvalue weighted by Crippen LogP contribution is -2.40. The maximum Gasteiger partial charge on any atom is 0.218 e. The maximum atomic E-state index is 12.7. The van der Waals surface area contributed by atoms with Crippen LogP contribution in [0.25, 0.3) is 0 Å². The SMILES string of the molecule is CCC1CCCCCN1S(=O)(=O)Cc1cccc(N)c1. The first-order valence-electron chi connectivity index (χ1n) is 7.37. The summed E-state index contributed by atoms with van der Waals surface area (Å²) in [6.07, 6.45) is 5.08. The summed E-state index contributed by atoms with van der Waals surface area (Å²) in [5.74, 6) is 0.0501. The van der Waals surface area contributed by atoms with Crippen molar-refractivity contribution in [1.82, 2.24) is 4.31 Å². The van der Waals surface area contributed by atoms with E-state index in [9.17, 15) is 8.42 Å². The topological polar surface area (TPSA) is 63.4 Å². The Morgan fingerprint density at radius 3 is 2.80 bits per heavy atom. The van der Waals surface area contributed by atoms with Gasteiger partial charge in [0.15, 0.2) is 0 Å². The summed E-state index contributed by atoms with van der Waals surface area (Å²) < 4.78 is 27.1. The molecule has 1 heterocycles. The largest absolute Gasteiger partial charge is 0.399 e. The van der Waals surface area contributed by atoms with Crippen LogP contribution < -0.4 is 5.73 Å². The first-order chi connectivity index (χ1) is 9.53. The predicted molar refractivity (Wildman–Crippen MR) is 82.7 cm³/mol. The number of hydrogen-bond donors (Lipinski definition) is 1. The molecule has 1 aliphatic heterocycles. The molecule has 20 heavy (non-hydrogen) atoms. The number of nitrogens with zero attached hydrogens (tertiary/aromatic N) is 1. The third-order valence-electron chi connectivity index (χ3n) is 3.95. The van der Waals surface area contributed by atoms with E-state index < -0.39 is 10.0 Å². The second-order valence-electron chi connectivity index (χ2n) is 5.52. The van der Waals surface area contributed by atoms with Crippen LogP contribution in [0.5, 0.6) is 0 Å². The molecule has 0 amide bonds. The van der Waals surface area contributed by atoms with Gasteiger partial charge < -0.3 is 5.73 Å². The normalized spacial score (nSPS) is 21.6. The molecule has 112 valence electrons. The third kappa shape index (κ3) is 3.73. The predicted octanol–water partition coefficient (Wildman–Crippen LogP) is 2.75. The Labute approximate surface area is 122 Å². The molecule has 1 fully saturated rings. The molecule has 1 saturated heterocycles. The minimum atomic E-state index is -3.26. The van der Waals surface area contributed by atoms with Gasteiger partial charge in [0.25, 0.3) is 0 Å². The van der Waals surface area contributed by atoms with Gasteiger partial charge in [0.2, 0.25) is 10.0 Å². The molecule has 0 spiro atoms. The summed E-state index contributed by atoms with van der Waals surface area (Å²) in [7, 11) is -3.26. The molecule has 1 aliphatic rings. The van der Waals surface area contributed by atoms with Crippen molar-refractivity contribution in [3.63, 3.8) is 0 Å². The smallest absolute Gasteiger partial charge is 0.218 e. The molecular formula is C15H24N2O2S. The zero-order valence-corrected chi connectivity index (χ0v) is 12.9. The van der Waals surface area contributed by atoms with E-state index in [1.54, 1.807) is 22.5 Å². The Hall–Kier alpha value is -1.07. The lowest BCUT2D eigenvalue weighted by Gasteiger charge is -2.28. The summed E-state index contributed by atoms with van der Waals surface area (Å²) in [5, 5.41) is 0. The lowest BCUT2D eigenvalue weighted by atomic mass is 10.1. The fourth-order valence-electron chi connectivity index (χ4n) is 2.90. The van der Waals surface area contributed by atoms with Crippen LogP contribution in [-0.2, 0) is 15.8 Å². The maximum absolute atomic E-state index is 12.7. The van der Waals surface area contributed by atoms with E-state index in [1.807, 2.05) is 6.07 Å². The first-order valence-corrected chi connectivity index (χ1v) is 8.98. The highest BCUT2D eigenvalue weighted by molar-refractivity contribution is 7.88. The van der Waals surface area contributed by atoms with Crippen LogP contribution in [0.1, 0.15) is 44.6 Å². The molecule has 0 radical (unpaired) electrons. The number of anilines is 1. The van der Waals surface area contributed by atoms with Gasteiger partial charge in [0.05, 0.1) is 5.75 Å². The minimum absolute atomic E-state index is 0.0501. The second kappa shape index (κ2) is 6.59. The molecule has 1 atom stereocenters. The monoisotopic (exact) mass is 296 g/mol. The average Bonchev–Trinajstić information content (AvgIpc) is 2.63. The van der Waals surface area contributed by atoms with Gasteiger partial charge in [0.1, 0.15) is 0 Å². The number of hydrogen-bond acceptors (Lipinski definition) is 3. The average molecular weight is 296 g/mol. The first kappa shape index (κ1) is 15.3. The Morgan fingerprint density at radius 1 is 1.30 bits per heavy atom. The van der Waals surface area contributed by atoms with Crippen molar-refractivity contribution < 1.29 is 8.42 Å². The van der Waals surface area contributed by atoms with Crippen LogP contribution in [0.3, 0.4) is 0 Å².